The maximum absolute atomic E-state index is 6.51. The largest absolute Gasteiger partial charge is 0.314 e. The number of halogens is 1. The number of piperazine rings is 1. The summed E-state index contributed by atoms with van der Waals surface area (Å²) in [5.41, 5.74) is 2.50. The van der Waals surface area contributed by atoms with Crippen LogP contribution in [0.2, 0.25) is 5.02 Å². The standard InChI is InChI=1S/C16H27ClN4/c1-3-21-14(15(17)13(2)19-21)11-20-10-9-18-12-16(20)7-5-4-6-8-16/h18H,3-12H2,1-2H3. The number of aryl methyl sites for hydroxylation is 2. The number of aromatic nitrogens is 2. The second-order valence-corrected chi connectivity index (χ2v) is 6.92. The highest BCUT2D eigenvalue weighted by atomic mass is 35.5. The molecule has 2 heterocycles. The topological polar surface area (TPSA) is 33.1 Å². The van der Waals surface area contributed by atoms with E-state index in [0.717, 1.165) is 43.4 Å². The van der Waals surface area contributed by atoms with E-state index in [2.05, 4.69) is 26.9 Å². The molecule has 1 N–H and O–H groups in total. The van der Waals surface area contributed by atoms with Crippen LogP contribution < -0.4 is 5.32 Å². The Bertz CT molecular complexity index is 482. The van der Waals surface area contributed by atoms with Crippen molar-refractivity contribution in [1.29, 1.82) is 0 Å². The summed E-state index contributed by atoms with van der Waals surface area (Å²) in [6.45, 7) is 9.30. The van der Waals surface area contributed by atoms with E-state index in [0.29, 0.717) is 5.54 Å². The lowest BCUT2D eigenvalue weighted by Crippen LogP contribution is -2.61. The molecule has 21 heavy (non-hydrogen) atoms. The number of nitrogens with zero attached hydrogens (tertiary/aromatic N) is 3. The van der Waals surface area contributed by atoms with Crippen LogP contribution in [0.3, 0.4) is 0 Å². The minimum Gasteiger partial charge on any atom is -0.314 e. The fourth-order valence-corrected chi connectivity index (χ4v) is 4.23. The van der Waals surface area contributed by atoms with E-state index >= 15 is 0 Å². The molecule has 0 bridgehead atoms. The van der Waals surface area contributed by atoms with Gasteiger partial charge >= 0.3 is 0 Å². The highest BCUT2D eigenvalue weighted by Gasteiger charge is 2.40. The van der Waals surface area contributed by atoms with Crippen LogP contribution in [0.15, 0.2) is 0 Å². The van der Waals surface area contributed by atoms with Crippen LogP contribution in [-0.4, -0.2) is 39.9 Å². The molecule has 4 nitrogen and oxygen atoms in total. The zero-order valence-corrected chi connectivity index (χ0v) is 14.0. The van der Waals surface area contributed by atoms with Crippen molar-refractivity contribution >= 4 is 11.6 Å². The second kappa shape index (κ2) is 6.27. The zero-order valence-electron chi connectivity index (χ0n) is 13.3. The fraction of sp³-hybridized carbons (Fsp3) is 0.812. The van der Waals surface area contributed by atoms with E-state index < -0.39 is 0 Å². The van der Waals surface area contributed by atoms with Crippen LogP contribution in [-0.2, 0) is 13.1 Å². The molecule has 118 valence electrons. The summed E-state index contributed by atoms with van der Waals surface area (Å²) in [5, 5.41) is 9.04. The van der Waals surface area contributed by atoms with E-state index in [1.54, 1.807) is 0 Å². The lowest BCUT2D eigenvalue weighted by molar-refractivity contribution is 0.0190. The lowest BCUT2D eigenvalue weighted by atomic mass is 9.79. The molecule has 2 fully saturated rings. The molecule has 2 aliphatic rings. The van der Waals surface area contributed by atoms with Crippen molar-refractivity contribution in [2.75, 3.05) is 19.6 Å². The van der Waals surface area contributed by atoms with Gasteiger partial charge in [-0.2, -0.15) is 5.10 Å². The van der Waals surface area contributed by atoms with Crippen LogP contribution in [0.4, 0.5) is 0 Å². The van der Waals surface area contributed by atoms with E-state index in [-0.39, 0.29) is 0 Å². The van der Waals surface area contributed by atoms with Crippen LogP contribution in [0.1, 0.15) is 50.4 Å². The van der Waals surface area contributed by atoms with Crippen molar-refractivity contribution in [3.63, 3.8) is 0 Å². The normalized spacial score (nSPS) is 22.8. The Labute approximate surface area is 132 Å². The smallest absolute Gasteiger partial charge is 0.0860 e. The summed E-state index contributed by atoms with van der Waals surface area (Å²) in [6.07, 6.45) is 6.74. The molecule has 1 aromatic heterocycles. The Hall–Kier alpha value is -0.580. The predicted octanol–water partition coefficient (Wildman–Crippen LogP) is 2.97. The monoisotopic (exact) mass is 310 g/mol. The molecule has 0 radical (unpaired) electrons. The number of hydrogen-bond acceptors (Lipinski definition) is 3. The number of nitrogens with one attached hydrogen (secondary N) is 1. The van der Waals surface area contributed by atoms with Gasteiger partial charge in [-0.3, -0.25) is 9.58 Å². The zero-order chi connectivity index (χ0) is 14.9. The van der Waals surface area contributed by atoms with E-state index in [1.807, 2.05) is 6.92 Å². The molecule has 0 aromatic carbocycles. The van der Waals surface area contributed by atoms with Gasteiger partial charge in [0, 0.05) is 38.3 Å². The first-order valence-corrected chi connectivity index (χ1v) is 8.71. The van der Waals surface area contributed by atoms with Gasteiger partial charge in [0.2, 0.25) is 0 Å². The molecule has 0 atom stereocenters. The minimum absolute atomic E-state index is 0.344. The van der Waals surface area contributed by atoms with Gasteiger partial charge in [-0.05, 0) is 26.7 Å². The van der Waals surface area contributed by atoms with Crippen LogP contribution in [0.5, 0.6) is 0 Å². The van der Waals surface area contributed by atoms with Crippen molar-refractivity contribution in [2.45, 2.75) is 64.6 Å². The third kappa shape index (κ3) is 2.86. The lowest BCUT2D eigenvalue weighted by Gasteiger charge is -2.50. The summed E-state index contributed by atoms with van der Waals surface area (Å²) < 4.78 is 2.08. The molecule has 0 unspecified atom stereocenters. The van der Waals surface area contributed by atoms with E-state index in [1.165, 1.54) is 37.8 Å². The summed E-state index contributed by atoms with van der Waals surface area (Å²) in [7, 11) is 0. The van der Waals surface area contributed by atoms with Gasteiger partial charge < -0.3 is 5.32 Å². The van der Waals surface area contributed by atoms with Gasteiger partial charge in [0.15, 0.2) is 0 Å². The first-order chi connectivity index (χ1) is 10.2. The molecule has 1 aliphatic heterocycles. The van der Waals surface area contributed by atoms with E-state index in [4.69, 9.17) is 11.6 Å². The molecular formula is C16H27ClN4. The van der Waals surface area contributed by atoms with Gasteiger partial charge in [0.05, 0.1) is 16.4 Å². The minimum atomic E-state index is 0.344. The van der Waals surface area contributed by atoms with Crippen molar-refractivity contribution in [3.8, 4) is 0 Å². The van der Waals surface area contributed by atoms with Crippen molar-refractivity contribution < 1.29 is 0 Å². The molecule has 1 spiro atoms. The number of rotatable bonds is 3. The summed E-state index contributed by atoms with van der Waals surface area (Å²) in [4.78, 5) is 2.68. The Morgan fingerprint density at radius 2 is 2.05 bits per heavy atom. The fourth-order valence-electron chi connectivity index (χ4n) is 4.03. The Kier molecular flexibility index (Phi) is 4.57. The molecule has 1 aliphatic carbocycles. The average Bonchev–Trinajstić information content (AvgIpc) is 2.78. The van der Waals surface area contributed by atoms with Crippen LogP contribution in [0.25, 0.3) is 0 Å². The van der Waals surface area contributed by atoms with Gasteiger partial charge in [0.25, 0.3) is 0 Å². The number of hydrogen-bond donors (Lipinski definition) is 1. The van der Waals surface area contributed by atoms with Crippen LogP contribution in [0, 0.1) is 6.92 Å². The second-order valence-electron chi connectivity index (χ2n) is 6.55. The van der Waals surface area contributed by atoms with Crippen LogP contribution >= 0.6 is 11.6 Å². The molecule has 1 saturated carbocycles. The van der Waals surface area contributed by atoms with Gasteiger partial charge in [0.1, 0.15) is 0 Å². The molecule has 0 amide bonds. The Morgan fingerprint density at radius 1 is 1.29 bits per heavy atom. The third-order valence-electron chi connectivity index (χ3n) is 5.26. The maximum atomic E-state index is 6.51. The summed E-state index contributed by atoms with van der Waals surface area (Å²) >= 11 is 6.51. The Balaban J connectivity index is 1.85. The van der Waals surface area contributed by atoms with Gasteiger partial charge in [-0.1, -0.05) is 30.9 Å². The van der Waals surface area contributed by atoms with Crippen molar-refractivity contribution in [1.82, 2.24) is 20.0 Å². The average molecular weight is 311 g/mol. The maximum Gasteiger partial charge on any atom is 0.0860 e. The quantitative estimate of drug-likeness (QED) is 0.932. The molecule has 5 heteroatoms. The first-order valence-electron chi connectivity index (χ1n) is 8.34. The first kappa shape index (κ1) is 15.3. The molecule has 1 aromatic rings. The van der Waals surface area contributed by atoms with Crippen molar-refractivity contribution in [3.05, 3.63) is 16.4 Å². The third-order valence-corrected chi connectivity index (χ3v) is 5.75. The molecule has 3 rings (SSSR count). The summed E-state index contributed by atoms with van der Waals surface area (Å²) in [5.74, 6) is 0. The Morgan fingerprint density at radius 3 is 2.76 bits per heavy atom. The van der Waals surface area contributed by atoms with Crippen molar-refractivity contribution in [2.24, 2.45) is 0 Å². The SMILES string of the molecule is CCn1nc(C)c(Cl)c1CN1CCNCC12CCCCC2. The highest BCUT2D eigenvalue weighted by Crippen LogP contribution is 2.36. The molecular weight excluding hydrogens is 284 g/mol. The predicted molar refractivity (Wildman–Crippen MR) is 86.7 cm³/mol. The molecule has 1 saturated heterocycles. The van der Waals surface area contributed by atoms with Gasteiger partial charge in [-0.15, -0.1) is 0 Å². The summed E-state index contributed by atoms with van der Waals surface area (Å²) in [6, 6.07) is 0. The highest BCUT2D eigenvalue weighted by molar-refractivity contribution is 6.31. The van der Waals surface area contributed by atoms with Gasteiger partial charge in [-0.25, -0.2) is 0 Å². The van der Waals surface area contributed by atoms with E-state index in [9.17, 15) is 0 Å².